The molecule has 0 unspecified atom stereocenters. The number of aromatic nitrogens is 1. The van der Waals surface area contributed by atoms with Crippen molar-refractivity contribution in [1.82, 2.24) is 9.88 Å². The van der Waals surface area contributed by atoms with Gasteiger partial charge in [-0.15, -0.1) is 0 Å². The van der Waals surface area contributed by atoms with E-state index < -0.39 is 9.84 Å². The van der Waals surface area contributed by atoms with Crippen LogP contribution in [0.2, 0.25) is 0 Å². The third-order valence-electron chi connectivity index (χ3n) is 4.79. The van der Waals surface area contributed by atoms with Gasteiger partial charge in [-0.2, -0.15) is 0 Å². The van der Waals surface area contributed by atoms with Gasteiger partial charge < -0.3 is 9.80 Å². The number of anilines is 1. The van der Waals surface area contributed by atoms with E-state index in [0.717, 1.165) is 42.8 Å². The van der Waals surface area contributed by atoms with E-state index in [-0.39, 0.29) is 9.80 Å². The summed E-state index contributed by atoms with van der Waals surface area (Å²) in [5.74, 6) is 0. The number of rotatable bonds is 5. The number of hydrogen-bond acceptors (Lipinski definition) is 5. The van der Waals surface area contributed by atoms with Gasteiger partial charge in [0.2, 0.25) is 9.84 Å². The van der Waals surface area contributed by atoms with Crippen LogP contribution in [0.4, 0.5) is 5.69 Å². The quantitative estimate of drug-likeness (QED) is 0.741. The molecule has 0 atom stereocenters. The molecule has 1 fully saturated rings. The lowest BCUT2D eigenvalue weighted by atomic mass is 10.1. The highest BCUT2D eigenvalue weighted by molar-refractivity contribution is 7.95. The molecule has 3 rings (SSSR count). The maximum Gasteiger partial charge on any atom is 0.210 e. The zero-order chi connectivity index (χ0) is 19.4. The molecule has 2 heterocycles. The second-order valence-electron chi connectivity index (χ2n) is 6.58. The van der Waals surface area contributed by atoms with Crippen LogP contribution in [0.25, 0.3) is 10.9 Å². The van der Waals surface area contributed by atoms with Crippen LogP contribution >= 0.6 is 0 Å². The third-order valence-corrected chi connectivity index (χ3v) is 6.59. The van der Waals surface area contributed by atoms with Crippen LogP contribution < -0.4 is 4.90 Å². The Morgan fingerprint density at radius 1 is 1.19 bits per heavy atom. The van der Waals surface area contributed by atoms with Crippen LogP contribution in [0.3, 0.4) is 0 Å². The Labute approximate surface area is 161 Å². The number of sulfone groups is 1. The van der Waals surface area contributed by atoms with Crippen molar-refractivity contribution in [3.05, 3.63) is 66.3 Å². The molecule has 1 aliphatic rings. The smallest absolute Gasteiger partial charge is 0.210 e. The minimum absolute atomic E-state index is 0.174. The molecule has 142 valence electrons. The van der Waals surface area contributed by atoms with Crippen molar-refractivity contribution in [3.63, 3.8) is 0 Å². The molecule has 2 aromatic rings. The average Bonchev–Trinajstić information content (AvgIpc) is 2.68. The predicted molar refractivity (Wildman–Crippen MR) is 112 cm³/mol. The maximum atomic E-state index is 13.4. The van der Waals surface area contributed by atoms with Crippen molar-refractivity contribution in [2.24, 2.45) is 0 Å². The van der Waals surface area contributed by atoms with E-state index in [9.17, 15) is 8.42 Å². The number of hydrogen-bond donors (Lipinski definition) is 0. The highest BCUT2D eigenvalue weighted by Crippen LogP contribution is 2.36. The first-order chi connectivity index (χ1) is 13.0. The predicted octanol–water partition coefficient (Wildman–Crippen LogP) is 3.41. The van der Waals surface area contributed by atoms with E-state index in [0.29, 0.717) is 0 Å². The normalized spacial score (nSPS) is 17.0. The van der Waals surface area contributed by atoms with Crippen molar-refractivity contribution in [3.8, 4) is 0 Å². The average molecular weight is 384 g/mol. The lowest BCUT2D eigenvalue weighted by molar-refractivity contribution is 0.312. The summed E-state index contributed by atoms with van der Waals surface area (Å²) in [5, 5.41) is 0.859. The molecule has 1 aromatic carbocycles. The number of fused-ring (bicyclic) bond motifs is 1. The summed E-state index contributed by atoms with van der Waals surface area (Å²) in [4.78, 5) is 9.24. The Hall–Kier alpha value is -2.44. The van der Waals surface area contributed by atoms with Gasteiger partial charge in [-0.1, -0.05) is 43.0 Å². The Morgan fingerprint density at radius 2 is 1.89 bits per heavy atom. The number of allylic oxidation sites excluding steroid dienone is 4. The molecule has 1 saturated heterocycles. The summed E-state index contributed by atoms with van der Waals surface area (Å²) in [6.45, 7) is 8.86. The zero-order valence-electron chi connectivity index (χ0n) is 15.8. The third kappa shape index (κ3) is 3.82. The molecule has 0 radical (unpaired) electrons. The molecule has 5 nitrogen and oxygen atoms in total. The highest BCUT2D eigenvalue weighted by atomic mass is 32.2. The van der Waals surface area contributed by atoms with E-state index in [1.54, 1.807) is 18.2 Å². The number of piperazine rings is 1. The largest absolute Gasteiger partial charge is 0.367 e. The number of benzene rings is 1. The number of pyridine rings is 1. The summed E-state index contributed by atoms with van der Waals surface area (Å²) >= 11 is 0. The molecule has 0 bridgehead atoms. The van der Waals surface area contributed by atoms with E-state index >= 15 is 0 Å². The molecule has 1 aromatic heterocycles. The van der Waals surface area contributed by atoms with E-state index in [1.165, 1.54) is 12.3 Å². The van der Waals surface area contributed by atoms with Gasteiger partial charge in [0.1, 0.15) is 4.90 Å². The van der Waals surface area contributed by atoms with Gasteiger partial charge in [-0.25, -0.2) is 8.42 Å². The second kappa shape index (κ2) is 8.06. The summed E-state index contributed by atoms with van der Waals surface area (Å²) in [6.07, 6.45) is 7.94. The summed E-state index contributed by atoms with van der Waals surface area (Å²) in [5.41, 5.74) is 1.53. The SMILES string of the molecule is C=C/C(=C\C=C\C)S(=O)(=O)c1cnc2ccccc2c1N1CCN(C)CC1. The number of likely N-dealkylation sites (N-methyl/N-ethyl adjacent to an activating group) is 1. The van der Waals surface area contributed by atoms with Gasteiger partial charge in [0.25, 0.3) is 0 Å². The molecule has 0 amide bonds. The maximum absolute atomic E-state index is 13.4. The Morgan fingerprint density at radius 3 is 2.56 bits per heavy atom. The van der Waals surface area contributed by atoms with Gasteiger partial charge in [0.15, 0.2) is 0 Å². The first-order valence-electron chi connectivity index (χ1n) is 9.00. The monoisotopic (exact) mass is 383 g/mol. The lowest BCUT2D eigenvalue weighted by Crippen LogP contribution is -2.45. The van der Waals surface area contributed by atoms with Crippen LogP contribution in [0, 0.1) is 0 Å². The first kappa shape index (κ1) is 19.3. The zero-order valence-corrected chi connectivity index (χ0v) is 16.6. The van der Waals surface area contributed by atoms with Crippen LogP contribution in [-0.2, 0) is 9.84 Å². The van der Waals surface area contributed by atoms with Crippen LogP contribution in [-0.4, -0.2) is 51.5 Å². The van der Waals surface area contributed by atoms with Crippen molar-refractivity contribution >= 4 is 26.4 Å². The minimum Gasteiger partial charge on any atom is -0.367 e. The first-order valence-corrected chi connectivity index (χ1v) is 10.5. The van der Waals surface area contributed by atoms with Crippen molar-refractivity contribution in [2.45, 2.75) is 11.8 Å². The molecular formula is C21H25N3O2S. The van der Waals surface area contributed by atoms with Gasteiger partial charge in [0, 0.05) is 37.8 Å². The van der Waals surface area contributed by atoms with Gasteiger partial charge in [0.05, 0.1) is 16.1 Å². The van der Waals surface area contributed by atoms with Gasteiger partial charge in [-0.05, 0) is 26.1 Å². The highest BCUT2D eigenvalue weighted by Gasteiger charge is 2.28. The summed E-state index contributed by atoms with van der Waals surface area (Å²) in [6, 6.07) is 7.69. The fourth-order valence-corrected chi connectivity index (χ4v) is 4.66. The number of nitrogens with zero attached hydrogens (tertiary/aromatic N) is 3. The molecule has 0 spiro atoms. The molecule has 0 aliphatic carbocycles. The molecule has 0 N–H and O–H groups in total. The van der Waals surface area contributed by atoms with Crippen LogP contribution in [0.5, 0.6) is 0 Å². The molecule has 6 heteroatoms. The van der Waals surface area contributed by atoms with Crippen LogP contribution in [0.1, 0.15) is 6.92 Å². The van der Waals surface area contributed by atoms with Crippen molar-refractivity contribution in [1.29, 1.82) is 0 Å². The van der Waals surface area contributed by atoms with Crippen molar-refractivity contribution < 1.29 is 8.42 Å². The van der Waals surface area contributed by atoms with E-state index in [1.807, 2.05) is 31.2 Å². The Kier molecular flexibility index (Phi) is 5.77. The number of para-hydroxylation sites is 1. The van der Waals surface area contributed by atoms with Crippen LogP contribution in [0.15, 0.2) is 71.1 Å². The van der Waals surface area contributed by atoms with Gasteiger partial charge in [-0.3, -0.25) is 4.98 Å². The summed E-state index contributed by atoms with van der Waals surface area (Å²) < 4.78 is 26.8. The minimum atomic E-state index is -3.73. The van der Waals surface area contributed by atoms with E-state index in [4.69, 9.17) is 0 Å². The summed E-state index contributed by atoms with van der Waals surface area (Å²) in [7, 11) is -1.66. The topological polar surface area (TPSA) is 53.5 Å². The fourth-order valence-electron chi connectivity index (χ4n) is 3.25. The second-order valence-corrected chi connectivity index (χ2v) is 8.50. The lowest BCUT2D eigenvalue weighted by Gasteiger charge is -2.35. The Balaban J connectivity index is 2.23. The molecule has 0 saturated carbocycles. The van der Waals surface area contributed by atoms with Gasteiger partial charge >= 0.3 is 0 Å². The fraction of sp³-hybridized carbons (Fsp3) is 0.286. The Bertz CT molecular complexity index is 1000. The standard InChI is InChI=1S/C21H25N3O2S/c1-4-6-9-17(5-2)27(25,26)20-16-22-19-11-8-7-10-18(19)21(20)24-14-12-23(3)13-15-24/h4-11,16H,2,12-15H2,1,3H3/b6-4+,17-9+. The molecule has 1 aliphatic heterocycles. The van der Waals surface area contributed by atoms with E-state index in [2.05, 4.69) is 28.4 Å². The molecular weight excluding hydrogens is 358 g/mol. The van der Waals surface area contributed by atoms with Crippen molar-refractivity contribution in [2.75, 3.05) is 38.1 Å². The molecule has 27 heavy (non-hydrogen) atoms.